The molecule has 7 nitrogen and oxygen atoms in total. The number of carbonyl (C=O) groups excluding carboxylic acids is 3. The summed E-state index contributed by atoms with van der Waals surface area (Å²) in [5, 5.41) is 0. The fourth-order valence-corrected chi connectivity index (χ4v) is 1.57. The van der Waals surface area contributed by atoms with Gasteiger partial charge in [0, 0.05) is 6.42 Å². The third-order valence-corrected chi connectivity index (χ3v) is 2.25. The molecular weight excluding hydrogens is 226 g/mol. The quantitative estimate of drug-likeness (QED) is 0.380. The normalized spacial score (nSPS) is 20.4. The first-order valence-corrected chi connectivity index (χ1v) is 5.32. The molecule has 7 heteroatoms. The van der Waals surface area contributed by atoms with Crippen molar-refractivity contribution in [1.82, 2.24) is 10.3 Å². The first-order valence-electron chi connectivity index (χ1n) is 5.32. The van der Waals surface area contributed by atoms with E-state index in [-0.39, 0.29) is 12.8 Å². The van der Waals surface area contributed by atoms with Crippen molar-refractivity contribution in [3.63, 3.8) is 0 Å². The van der Waals surface area contributed by atoms with E-state index in [9.17, 15) is 14.4 Å². The first kappa shape index (κ1) is 13.4. The predicted octanol–water partition coefficient (Wildman–Crippen LogP) is -0.0976. The summed E-state index contributed by atoms with van der Waals surface area (Å²) in [5.41, 5.74) is 1.22. The number of carbonyl (C=O) groups is 3. The van der Waals surface area contributed by atoms with Crippen molar-refractivity contribution < 1.29 is 19.1 Å². The molecule has 3 N–H and O–H groups in total. The molecule has 1 fully saturated rings. The van der Waals surface area contributed by atoms with Crippen LogP contribution in [0.1, 0.15) is 33.6 Å². The van der Waals surface area contributed by atoms with Crippen LogP contribution in [0.4, 0.5) is 4.79 Å². The van der Waals surface area contributed by atoms with Gasteiger partial charge in [0.25, 0.3) is 5.91 Å². The van der Waals surface area contributed by atoms with Crippen LogP contribution in [0.3, 0.4) is 0 Å². The van der Waals surface area contributed by atoms with Gasteiger partial charge in [0.2, 0.25) is 5.91 Å². The Kier molecular flexibility index (Phi) is 3.72. The summed E-state index contributed by atoms with van der Waals surface area (Å²) >= 11 is 0. The number of hydrogen-bond donors (Lipinski definition) is 2. The first-order chi connectivity index (χ1) is 7.76. The number of nitrogens with zero attached hydrogens (tertiary/aromatic N) is 1. The largest absolute Gasteiger partial charge is 0.443 e. The highest BCUT2D eigenvalue weighted by Gasteiger charge is 2.42. The number of imide groups is 1. The Bertz CT molecular complexity index is 348. The maximum absolute atomic E-state index is 11.8. The summed E-state index contributed by atoms with van der Waals surface area (Å²) in [7, 11) is 0. The third-order valence-electron chi connectivity index (χ3n) is 2.25. The van der Waals surface area contributed by atoms with Crippen LogP contribution in [0, 0.1) is 0 Å². The zero-order valence-corrected chi connectivity index (χ0v) is 10.1. The molecule has 0 aromatic heterocycles. The molecule has 1 heterocycles. The summed E-state index contributed by atoms with van der Waals surface area (Å²) in [5.74, 6) is 4.01. The number of ether oxygens (including phenoxy) is 1. The number of amides is 3. The second-order valence-electron chi connectivity index (χ2n) is 4.81. The zero-order valence-electron chi connectivity index (χ0n) is 10.1. The van der Waals surface area contributed by atoms with Crippen molar-refractivity contribution in [2.24, 2.45) is 5.84 Å². The van der Waals surface area contributed by atoms with E-state index in [1.54, 1.807) is 20.8 Å². The Balaban J connectivity index is 2.81. The summed E-state index contributed by atoms with van der Waals surface area (Å²) in [6.07, 6.45) is -0.410. The number of nitrogens with two attached hydrogens (primary N) is 1. The standard InChI is InChI=1S/C10H17N3O4/c1-10(2,3)17-9(16)13-6(8(15)12-11)4-5-7(13)14/h6H,4-5,11H2,1-3H3,(H,12,15)/t6-/m0/s1. The molecule has 0 aromatic carbocycles. The van der Waals surface area contributed by atoms with Gasteiger partial charge in [-0.1, -0.05) is 0 Å². The van der Waals surface area contributed by atoms with E-state index >= 15 is 0 Å². The Morgan fingerprint density at radius 2 is 2.06 bits per heavy atom. The zero-order chi connectivity index (χ0) is 13.2. The molecule has 1 aliphatic rings. The minimum Gasteiger partial charge on any atom is -0.443 e. The summed E-state index contributed by atoms with van der Waals surface area (Å²) < 4.78 is 5.06. The van der Waals surface area contributed by atoms with Crippen molar-refractivity contribution in [3.05, 3.63) is 0 Å². The Hall–Kier alpha value is -1.63. The molecule has 0 spiro atoms. The molecular formula is C10H17N3O4. The van der Waals surface area contributed by atoms with Crippen LogP contribution in [0.25, 0.3) is 0 Å². The molecule has 96 valence electrons. The van der Waals surface area contributed by atoms with Gasteiger partial charge >= 0.3 is 6.09 Å². The van der Waals surface area contributed by atoms with Gasteiger partial charge in [0.05, 0.1) is 0 Å². The van der Waals surface area contributed by atoms with Crippen molar-refractivity contribution in [2.75, 3.05) is 0 Å². The highest BCUT2D eigenvalue weighted by molar-refractivity contribution is 6.00. The van der Waals surface area contributed by atoms with E-state index in [0.717, 1.165) is 4.90 Å². The van der Waals surface area contributed by atoms with Crippen LogP contribution in [-0.2, 0) is 14.3 Å². The summed E-state index contributed by atoms with van der Waals surface area (Å²) in [4.78, 5) is 35.5. The van der Waals surface area contributed by atoms with Gasteiger partial charge < -0.3 is 4.74 Å². The Morgan fingerprint density at radius 1 is 1.47 bits per heavy atom. The van der Waals surface area contributed by atoms with E-state index in [1.165, 1.54) is 0 Å². The van der Waals surface area contributed by atoms with Gasteiger partial charge in [-0.15, -0.1) is 0 Å². The maximum Gasteiger partial charge on any atom is 0.417 e. The number of hydrazine groups is 1. The molecule has 1 aliphatic heterocycles. The van der Waals surface area contributed by atoms with Crippen molar-refractivity contribution in [2.45, 2.75) is 45.3 Å². The molecule has 0 radical (unpaired) electrons. The highest BCUT2D eigenvalue weighted by Crippen LogP contribution is 2.21. The van der Waals surface area contributed by atoms with E-state index in [1.807, 2.05) is 5.43 Å². The molecule has 0 aromatic rings. The molecule has 3 amide bonds. The topological polar surface area (TPSA) is 102 Å². The minimum absolute atomic E-state index is 0.136. The number of rotatable bonds is 1. The second kappa shape index (κ2) is 4.70. The van der Waals surface area contributed by atoms with Gasteiger partial charge in [-0.05, 0) is 27.2 Å². The van der Waals surface area contributed by atoms with Gasteiger partial charge in [0.15, 0.2) is 0 Å². The lowest BCUT2D eigenvalue weighted by molar-refractivity contribution is -0.134. The molecule has 1 rings (SSSR count). The SMILES string of the molecule is CC(C)(C)OC(=O)N1C(=O)CC[C@H]1C(=O)NN. The smallest absolute Gasteiger partial charge is 0.417 e. The monoisotopic (exact) mass is 243 g/mol. The maximum atomic E-state index is 11.8. The molecule has 0 aliphatic carbocycles. The van der Waals surface area contributed by atoms with E-state index in [2.05, 4.69) is 0 Å². The van der Waals surface area contributed by atoms with Gasteiger partial charge in [-0.25, -0.2) is 15.5 Å². The lowest BCUT2D eigenvalue weighted by Crippen LogP contribution is -2.50. The van der Waals surface area contributed by atoms with Crippen molar-refractivity contribution in [1.29, 1.82) is 0 Å². The van der Waals surface area contributed by atoms with Gasteiger partial charge in [-0.2, -0.15) is 0 Å². The van der Waals surface area contributed by atoms with Crippen LogP contribution in [-0.4, -0.2) is 34.5 Å². The molecule has 0 bridgehead atoms. The number of nitrogens with one attached hydrogen (secondary N) is 1. The fourth-order valence-electron chi connectivity index (χ4n) is 1.57. The Labute approximate surface area is 99.2 Å². The van der Waals surface area contributed by atoms with Crippen LogP contribution in [0.5, 0.6) is 0 Å². The predicted molar refractivity (Wildman–Crippen MR) is 58.4 cm³/mol. The van der Waals surface area contributed by atoms with Crippen molar-refractivity contribution >= 4 is 17.9 Å². The molecule has 1 saturated heterocycles. The average Bonchev–Trinajstić information content (AvgIpc) is 2.56. The van der Waals surface area contributed by atoms with Crippen LogP contribution in [0.15, 0.2) is 0 Å². The molecule has 0 unspecified atom stereocenters. The third kappa shape index (κ3) is 3.16. The highest BCUT2D eigenvalue weighted by atomic mass is 16.6. The van der Waals surface area contributed by atoms with Gasteiger partial charge in [0.1, 0.15) is 11.6 Å². The minimum atomic E-state index is -0.873. The average molecular weight is 243 g/mol. The number of likely N-dealkylation sites (tertiary alicyclic amines) is 1. The van der Waals surface area contributed by atoms with E-state index in [4.69, 9.17) is 10.6 Å². The van der Waals surface area contributed by atoms with Crippen LogP contribution >= 0.6 is 0 Å². The molecule has 1 atom stereocenters. The van der Waals surface area contributed by atoms with E-state index < -0.39 is 29.6 Å². The lowest BCUT2D eigenvalue weighted by Gasteiger charge is -2.26. The summed E-state index contributed by atoms with van der Waals surface area (Å²) in [6.45, 7) is 5.05. The second-order valence-corrected chi connectivity index (χ2v) is 4.81. The molecule has 0 saturated carbocycles. The van der Waals surface area contributed by atoms with Crippen LogP contribution < -0.4 is 11.3 Å². The Morgan fingerprint density at radius 3 is 2.53 bits per heavy atom. The molecule has 17 heavy (non-hydrogen) atoms. The van der Waals surface area contributed by atoms with E-state index in [0.29, 0.717) is 0 Å². The summed E-state index contributed by atoms with van der Waals surface area (Å²) in [6, 6.07) is -0.873. The van der Waals surface area contributed by atoms with Gasteiger partial charge in [-0.3, -0.25) is 15.0 Å². The van der Waals surface area contributed by atoms with Crippen LogP contribution in [0.2, 0.25) is 0 Å². The number of hydrogen-bond acceptors (Lipinski definition) is 5. The lowest BCUT2D eigenvalue weighted by atomic mass is 10.2. The fraction of sp³-hybridized carbons (Fsp3) is 0.700. The van der Waals surface area contributed by atoms with Crippen molar-refractivity contribution in [3.8, 4) is 0 Å².